The largest absolute Gasteiger partial charge is 0.340 e. The lowest BCUT2D eigenvalue weighted by atomic mass is 9.94. The smallest absolute Gasteiger partial charge is 0.226 e. The van der Waals surface area contributed by atoms with Crippen molar-refractivity contribution in [1.82, 2.24) is 4.90 Å². The van der Waals surface area contributed by atoms with E-state index in [0.717, 1.165) is 25.1 Å². The second-order valence-electron chi connectivity index (χ2n) is 7.22. The molecule has 0 N–H and O–H groups in total. The molecule has 0 spiro atoms. The van der Waals surface area contributed by atoms with Gasteiger partial charge in [0.1, 0.15) is 0 Å². The molecule has 1 heterocycles. The number of benzene rings is 2. The zero-order valence-electron chi connectivity index (χ0n) is 16.2. The third-order valence-corrected chi connectivity index (χ3v) is 5.33. The van der Waals surface area contributed by atoms with Gasteiger partial charge in [-0.05, 0) is 37.5 Å². The minimum absolute atomic E-state index is 0.0731. The quantitative estimate of drug-likeness (QED) is 0.776. The zero-order chi connectivity index (χ0) is 19.2. The summed E-state index contributed by atoms with van der Waals surface area (Å²) < 4.78 is 0. The van der Waals surface area contributed by atoms with E-state index in [9.17, 15) is 9.59 Å². The van der Waals surface area contributed by atoms with Gasteiger partial charge < -0.3 is 9.80 Å². The van der Waals surface area contributed by atoms with Crippen molar-refractivity contribution in [2.24, 2.45) is 0 Å². The number of anilines is 1. The van der Waals surface area contributed by atoms with Crippen molar-refractivity contribution in [2.75, 3.05) is 11.4 Å². The van der Waals surface area contributed by atoms with Gasteiger partial charge in [-0.2, -0.15) is 0 Å². The highest BCUT2D eigenvalue weighted by Crippen LogP contribution is 2.28. The van der Waals surface area contributed by atoms with E-state index >= 15 is 0 Å². The van der Waals surface area contributed by atoms with Crippen LogP contribution in [0.5, 0.6) is 0 Å². The maximum absolute atomic E-state index is 12.9. The number of para-hydroxylation sites is 1. The van der Waals surface area contributed by atoms with Crippen LogP contribution in [-0.4, -0.2) is 35.3 Å². The first-order chi connectivity index (χ1) is 13.1. The first kappa shape index (κ1) is 19.2. The first-order valence-corrected chi connectivity index (χ1v) is 9.80. The van der Waals surface area contributed by atoms with Gasteiger partial charge in [-0.1, -0.05) is 55.5 Å². The summed E-state index contributed by atoms with van der Waals surface area (Å²) >= 11 is 0. The predicted molar refractivity (Wildman–Crippen MR) is 109 cm³/mol. The van der Waals surface area contributed by atoms with Gasteiger partial charge in [0.15, 0.2) is 0 Å². The molecule has 1 saturated heterocycles. The van der Waals surface area contributed by atoms with Crippen molar-refractivity contribution >= 4 is 17.5 Å². The number of carbonyl (C=O) groups is 2. The lowest BCUT2D eigenvalue weighted by Crippen LogP contribution is -2.53. The number of likely N-dealkylation sites (tertiary alicyclic amines) is 1. The minimum atomic E-state index is -0.0738. The molecule has 0 aromatic heterocycles. The molecule has 2 aromatic carbocycles. The second kappa shape index (κ2) is 8.85. The van der Waals surface area contributed by atoms with Gasteiger partial charge >= 0.3 is 0 Å². The standard InChI is InChI=1S/C23H28N2O2/c1-3-22(26)25(20-12-8-5-9-13-20)21-16-18(2)24(23(27)17-21)15-14-19-10-6-4-7-11-19/h4-13,18,21H,3,14-17H2,1-2H3. The Morgan fingerprint density at radius 2 is 1.70 bits per heavy atom. The summed E-state index contributed by atoms with van der Waals surface area (Å²) in [5, 5.41) is 0. The van der Waals surface area contributed by atoms with Gasteiger partial charge in [-0.15, -0.1) is 0 Å². The van der Waals surface area contributed by atoms with Gasteiger partial charge in [0.2, 0.25) is 11.8 Å². The van der Waals surface area contributed by atoms with Gasteiger partial charge in [0, 0.05) is 37.2 Å². The van der Waals surface area contributed by atoms with E-state index in [-0.39, 0.29) is 23.9 Å². The molecule has 4 heteroatoms. The number of hydrogen-bond acceptors (Lipinski definition) is 2. The molecule has 2 amide bonds. The molecular formula is C23H28N2O2. The first-order valence-electron chi connectivity index (χ1n) is 9.80. The number of amides is 2. The summed E-state index contributed by atoms with van der Waals surface area (Å²) in [6, 6.07) is 20.0. The molecule has 2 atom stereocenters. The van der Waals surface area contributed by atoms with Crippen molar-refractivity contribution < 1.29 is 9.59 Å². The molecule has 0 radical (unpaired) electrons. The molecule has 0 aliphatic carbocycles. The van der Waals surface area contributed by atoms with Crippen molar-refractivity contribution in [1.29, 1.82) is 0 Å². The average molecular weight is 364 g/mol. The Labute approximate surface area is 161 Å². The van der Waals surface area contributed by atoms with E-state index in [1.54, 1.807) is 0 Å². The Morgan fingerprint density at radius 1 is 1.07 bits per heavy atom. The van der Waals surface area contributed by atoms with Gasteiger partial charge in [0.25, 0.3) is 0 Å². The zero-order valence-corrected chi connectivity index (χ0v) is 16.2. The average Bonchev–Trinajstić information content (AvgIpc) is 2.69. The molecule has 2 aromatic rings. The molecule has 2 unspecified atom stereocenters. The summed E-state index contributed by atoms with van der Waals surface area (Å²) in [5.74, 6) is 0.212. The van der Waals surface area contributed by atoms with E-state index in [4.69, 9.17) is 0 Å². The summed E-state index contributed by atoms with van der Waals surface area (Å²) in [4.78, 5) is 29.3. The molecule has 0 bridgehead atoms. The molecule has 4 nitrogen and oxygen atoms in total. The summed E-state index contributed by atoms with van der Waals surface area (Å²) in [6.07, 6.45) is 2.49. The maximum Gasteiger partial charge on any atom is 0.226 e. The summed E-state index contributed by atoms with van der Waals surface area (Å²) in [6.45, 7) is 4.69. The van der Waals surface area contributed by atoms with Gasteiger partial charge in [0.05, 0.1) is 0 Å². The highest BCUT2D eigenvalue weighted by molar-refractivity contribution is 5.95. The maximum atomic E-state index is 12.9. The third kappa shape index (κ3) is 4.57. The SMILES string of the molecule is CCC(=O)N(c1ccccc1)C1CC(=O)N(CCc2ccccc2)C(C)C1. The van der Waals surface area contributed by atoms with Crippen LogP contribution in [0.2, 0.25) is 0 Å². The fourth-order valence-electron chi connectivity index (χ4n) is 3.92. The number of piperidine rings is 1. The Bertz CT molecular complexity index is 760. The number of hydrogen-bond donors (Lipinski definition) is 0. The summed E-state index contributed by atoms with van der Waals surface area (Å²) in [5.41, 5.74) is 2.12. The van der Waals surface area contributed by atoms with E-state index < -0.39 is 0 Å². The highest BCUT2D eigenvalue weighted by atomic mass is 16.2. The van der Waals surface area contributed by atoms with Crippen molar-refractivity contribution in [3.63, 3.8) is 0 Å². The Morgan fingerprint density at radius 3 is 2.30 bits per heavy atom. The fraction of sp³-hybridized carbons (Fsp3) is 0.391. The van der Waals surface area contributed by atoms with E-state index in [1.165, 1.54) is 5.56 Å². The normalized spacial score (nSPS) is 19.8. The number of rotatable bonds is 6. The van der Waals surface area contributed by atoms with Crippen LogP contribution in [0.3, 0.4) is 0 Å². The third-order valence-electron chi connectivity index (χ3n) is 5.33. The molecule has 142 valence electrons. The lowest BCUT2D eigenvalue weighted by Gasteiger charge is -2.42. The number of carbonyl (C=O) groups excluding carboxylic acids is 2. The molecule has 1 fully saturated rings. The molecular weight excluding hydrogens is 336 g/mol. The van der Waals surface area contributed by atoms with Crippen molar-refractivity contribution in [3.05, 3.63) is 66.2 Å². The Kier molecular flexibility index (Phi) is 6.28. The van der Waals surface area contributed by atoms with Crippen LogP contribution in [0.1, 0.15) is 38.7 Å². The van der Waals surface area contributed by atoms with Crippen LogP contribution in [-0.2, 0) is 16.0 Å². The minimum Gasteiger partial charge on any atom is -0.340 e. The fourth-order valence-corrected chi connectivity index (χ4v) is 3.92. The molecule has 1 aliphatic rings. The van der Waals surface area contributed by atoms with E-state index in [1.807, 2.05) is 65.3 Å². The lowest BCUT2D eigenvalue weighted by molar-refractivity contribution is -0.136. The Hall–Kier alpha value is -2.62. The van der Waals surface area contributed by atoms with Crippen LogP contribution in [0.15, 0.2) is 60.7 Å². The molecule has 1 aliphatic heterocycles. The van der Waals surface area contributed by atoms with Crippen LogP contribution in [0, 0.1) is 0 Å². The van der Waals surface area contributed by atoms with Crippen molar-refractivity contribution in [3.8, 4) is 0 Å². The topological polar surface area (TPSA) is 40.6 Å². The monoisotopic (exact) mass is 364 g/mol. The molecule has 0 saturated carbocycles. The Balaban J connectivity index is 1.71. The van der Waals surface area contributed by atoms with Crippen LogP contribution in [0.25, 0.3) is 0 Å². The molecule has 27 heavy (non-hydrogen) atoms. The predicted octanol–water partition coefficient (Wildman–Crippen LogP) is 4.05. The van der Waals surface area contributed by atoms with E-state index in [0.29, 0.717) is 12.8 Å². The number of nitrogens with zero attached hydrogens (tertiary/aromatic N) is 2. The van der Waals surface area contributed by atoms with Gasteiger partial charge in [-0.3, -0.25) is 9.59 Å². The molecule has 3 rings (SSSR count). The van der Waals surface area contributed by atoms with Gasteiger partial charge in [-0.25, -0.2) is 0 Å². The van der Waals surface area contributed by atoms with E-state index in [2.05, 4.69) is 19.1 Å². The van der Waals surface area contributed by atoms with Crippen LogP contribution < -0.4 is 4.90 Å². The van der Waals surface area contributed by atoms with Crippen LogP contribution in [0.4, 0.5) is 5.69 Å². The summed E-state index contributed by atoms with van der Waals surface area (Å²) in [7, 11) is 0. The highest BCUT2D eigenvalue weighted by Gasteiger charge is 2.36. The van der Waals surface area contributed by atoms with Crippen LogP contribution >= 0.6 is 0 Å². The second-order valence-corrected chi connectivity index (χ2v) is 7.22. The van der Waals surface area contributed by atoms with Crippen molar-refractivity contribution in [2.45, 2.75) is 51.6 Å².